The first-order valence-corrected chi connectivity index (χ1v) is 7.42. The van der Waals surface area contributed by atoms with Gasteiger partial charge in [-0.1, -0.05) is 11.8 Å². The van der Waals surface area contributed by atoms with Crippen molar-refractivity contribution in [2.75, 3.05) is 36.8 Å². The van der Waals surface area contributed by atoms with Crippen LogP contribution in [0.3, 0.4) is 0 Å². The Labute approximate surface area is 136 Å². The summed E-state index contributed by atoms with van der Waals surface area (Å²) >= 11 is 1.09. The number of rotatable bonds is 6. The maximum absolute atomic E-state index is 12.1. The average Bonchev–Trinajstić information content (AvgIpc) is 2.52. The van der Waals surface area contributed by atoms with Crippen molar-refractivity contribution in [2.45, 2.75) is 5.16 Å². The van der Waals surface area contributed by atoms with Gasteiger partial charge in [0.2, 0.25) is 17.8 Å². The van der Waals surface area contributed by atoms with Crippen LogP contribution in [0.5, 0.6) is 11.5 Å². The van der Waals surface area contributed by atoms with Crippen LogP contribution in [0.25, 0.3) is 0 Å². The largest absolute Gasteiger partial charge is 0.497 e. The Balaban J connectivity index is 2.02. The van der Waals surface area contributed by atoms with Crippen LogP contribution in [0.4, 0.5) is 17.6 Å². The summed E-state index contributed by atoms with van der Waals surface area (Å²) < 4.78 is 10.3. The van der Waals surface area contributed by atoms with E-state index in [9.17, 15) is 4.79 Å². The minimum Gasteiger partial charge on any atom is -0.497 e. The number of aromatic nitrogens is 3. The number of ether oxygens (including phenoxy) is 2. The molecule has 1 aromatic carbocycles. The number of hydrogen-bond donors (Lipinski definition) is 3. The lowest BCUT2D eigenvalue weighted by molar-refractivity contribution is -0.113. The van der Waals surface area contributed by atoms with Crippen molar-refractivity contribution in [3.8, 4) is 11.5 Å². The number of amides is 1. The molecule has 0 aliphatic heterocycles. The predicted octanol–water partition coefficient (Wildman–Crippen LogP) is 0.784. The Morgan fingerprint density at radius 2 is 1.87 bits per heavy atom. The lowest BCUT2D eigenvalue weighted by Crippen LogP contribution is -2.15. The fourth-order valence-electron chi connectivity index (χ4n) is 1.68. The van der Waals surface area contributed by atoms with Crippen LogP contribution < -0.4 is 26.3 Å². The highest BCUT2D eigenvalue weighted by atomic mass is 32.2. The molecule has 0 spiro atoms. The number of methoxy groups -OCH3 is 2. The molecule has 10 heteroatoms. The second-order valence-corrected chi connectivity index (χ2v) is 5.18. The van der Waals surface area contributed by atoms with Crippen molar-refractivity contribution in [3.05, 3.63) is 18.2 Å². The number of nitrogens with two attached hydrogens (primary N) is 2. The number of carbonyl (C=O) groups excluding carboxylic acids is 1. The minimum atomic E-state index is -0.265. The third kappa shape index (κ3) is 4.61. The minimum absolute atomic E-state index is 0.00914. The summed E-state index contributed by atoms with van der Waals surface area (Å²) in [6, 6.07) is 5.11. The van der Waals surface area contributed by atoms with Gasteiger partial charge in [-0.05, 0) is 12.1 Å². The SMILES string of the molecule is COc1ccc(OC)c(NC(=O)CSc2nc(N)nc(N)n2)c1. The highest BCUT2D eigenvalue weighted by molar-refractivity contribution is 7.99. The van der Waals surface area contributed by atoms with Gasteiger partial charge in [0.15, 0.2) is 5.16 Å². The van der Waals surface area contributed by atoms with Gasteiger partial charge in [0.25, 0.3) is 0 Å². The molecule has 2 rings (SSSR count). The zero-order valence-corrected chi connectivity index (χ0v) is 13.4. The standard InChI is InChI=1S/C13H16N6O3S/c1-21-7-3-4-9(22-2)8(5-7)16-10(20)6-23-13-18-11(14)17-12(15)19-13/h3-5H,6H2,1-2H3,(H,16,20)(H4,14,15,17,18,19). The summed E-state index contributed by atoms with van der Waals surface area (Å²) in [5.74, 6) is 0.955. The number of nitrogens with one attached hydrogen (secondary N) is 1. The summed E-state index contributed by atoms with van der Waals surface area (Å²) in [4.78, 5) is 23.5. The summed E-state index contributed by atoms with van der Waals surface area (Å²) in [5.41, 5.74) is 11.5. The third-order valence-corrected chi connectivity index (χ3v) is 3.51. The van der Waals surface area contributed by atoms with Gasteiger partial charge in [-0.15, -0.1) is 0 Å². The van der Waals surface area contributed by atoms with Gasteiger partial charge in [0, 0.05) is 6.07 Å². The maximum atomic E-state index is 12.1. The van der Waals surface area contributed by atoms with Crippen LogP contribution in [0, 0.1) is 0 Å². The van der Waals surface area contributed by atoms with Crippen molar-refractivity contribution in [3.63, 3.8) is 0 Å². The molecule has 0 aliphatic rings. The Kier molecular flexibility index (Phi) is 5.41. The third-order valence-electron chi connectivity index (χ3n) is 2.66. The van der Waals surface area contributed by atoms with Crippen molar-refractivity contribution in [1.29, 1.82) is 0 Å². The average molecular weight is 336 g/mol. The number of thioether (sulfide) groups is 1. The molecule has 5 N–H and O–H groups in total. The van der Waals surface area contributed by atoms with E-state index in [1.54, 1.807) is 25.3 Å². The van der Waals surface area contributed by atoms with E-state index in [0.717, 1.165) is 11.8 Å². The molecule has 0 unspecified atom stereocenters. The summed E-state index contributed by atoms with van der Waals surface area (Å²) in [6.45, 7) is 0. The summed E-state index contributed by atoms with van der Waals surface area (Å²) in [7, 11) is 3.06. The molecule has 1 amide bonds. The number of carbonyl (C=O) groups is 1. The normalized spacial score (nSPS) is 10.2. The van der Waals surface area contributed by atoms with E-state index in [1.807, 2.05) is 0 Å². The molecule has 23 heavy (non-hydrogen) atoms. The van der Waals surface area contributed by atoms with Crippen LogP contribution in [0.15, 0.2) is 23.4 Å². The quantitative estimate of drug-likeness (QED) is 0.653. The van der Waals surface area contributed by atoms with Crippen LogP contribution in [0.2, 0.25) is 0 Å². The van der Waals surface area contributed by atoms with Gasteiger partial charge in [-0.2, -0.15) is 15.0 Å². The highest BCUT2D eigenvalue weighted by Gasteiger charge is 2.11. The predicted molar refractivity (Wildman–Crippen MR) is 87.6 cm³/mol. The monoisotopic (exact) mass is 336 g/mol. The lowest BCUT2D eigenvalue weighted by Gasteiger charge is -2.11. The van der Waals surface area contributed by atoms with Gasteiger partial charge < -0.3 is 26.3 Å². The lowest BCUT2D eigenvalue weighted by atomic mass is 10.2. The molecule has 0 aliphatic carbocycles. The zero-order chi connectivity index (χ0) is 16.8. The van der Waals surface area contributed by atoms with Gasteiger partial charge in [-0.25, -0.2) is 0 Å². The van der Waals surface area contributed by atoms with E-state index in [1.165, 1.54) is 7.11 Å². The van der Waals surface area contributed by atoms with Gasteiger partial charge in [-0.3, -0.25) is 4.79 Å². The first kappa shape index (κ1) is 16.6. The van der Waals surface area contributed by atoms with E-state index in [0.29, 0.717) is 17.2 Å². The number of anilines is 3. The molecule has 0 saturated carbocycles. The fourth-order valence-corrected chi connectivity index (χ4v) is 2.33. The van der Waals surface area contributed by atoms with Crippen molar-refractivity contribution < 1.29 is 14.3 Å². The molecule has 1 heterocycles. The van der Waals surface area contributed by atoms with E-state index >= 15 is 0 Å². The molecule has 9 nitrogen and oxygen atoms in total. The molecule has 0 saturated heterocycles. The van der Waals surface area contributed by atoms with Crippen molar-refractivity contribution >= 4 is 35.3 Å². The Morgan fingerprint density at radius 3 is 2.48 bits per heavy atom. The van der Waals surface area contributed by atoms with E-state index in [4.69, 9.17) is 20.9 Å². The van der Waals surface area contributed by atoms with Crippen molar-refractivity contribution in [1.82, 2.24) is 15.0 Å². The number of nitrogens with zero attached hydrogens (tertiary/aromatic N) is 3. The van der Waals surface area contributed by atoms with Gasteiger partial charge in [0.05, 0.1) is 25.7 Å². The van der Waals surface area contributed by atoms with E-state index < -0.39 is 0 Å². The highest BCUT2D eigenvalue weighted by Crippen LogP contribution is 2.29. The van der Waals surface area contributed by atoms with E-state index in [2.05, 4.69) is 20.3 Å². The van der Waals surface area contributed by atoms with E-state index in [-0.39, 0.29) is 28.7 Å². The molecular weight excluding hydrogens is 320 g/mol. The first-order valence-electron chi connectivity index (χ1n) is 6.43. The zero-order valence-electron chi connectivity index (χ0n) is 12.6. The first-order chi connectivity index (χ1) is 11.0. The number of benzene rings is 1. The second-order valence-electron chi connectivity index (χ2n) is 4.24. The Morgan fingerprint density at radius 1 is 1.17 bits per heavy atom. The van der Waals surface area contributed by atoms with Crippen LogP contribution in [-0.4, -0.2) is 40.8 Å². The van der Waals surface area contributed by atoms with Crippen molar-refractivity contribution in [2.24, 2.45) is 0 Å². The second kappa shape index (κ2) is 7.49. The topological polar surface area (TPSA) is 138 Å². The molecule has 122 valence electrons. The number of hydrogen-bond acceptors (Lipinski definition) is 9. The smallest absolute Gasteiger partial charge is 0.234 e. The molecular formula is C13H16N6O3S. The molecule has 0 bridgehead atoms. The van der Waals surface area contributed by atoms with Crippen LogP contribution >= 0.6 is 11.8 Å². The molecule has 0 atom stereocenters. The number of nitrogen functional groups attached to an aromatic ring is 2. The molecule has 0 radical (unpaired) electrons. The maximum Gasteiger partial charge on any atom is 0.234 e. The molecule has 2 aromatic rings. The molecule has 0 fully saturated rings. The molecule has 1 aromatic heterocycles. The Hall–Kier alpha value is -2.75. The Bertz CT molecular complexity index is 692. The fraction of sp³-hybridized carbons (Fsp3) is 0.231. The summed E-state index contributed by atoms with van der Waals surface area (Å²) in [6.07, 6.45) is 0. The van der Waals surface area contributed by atoms with Crippen LogP contribution in [-0.2, 0) is 4.79 Å². The summed E-state index contributed by atoms with van der Waals surface area (Å²) in [5, 5.41) is 3.02. The van der Waals surface area contributed by atoms with Gasteiger partial charge in [0.1, 0.15) is 11.5 Å². The van der Waals surface area contributed by atoms with Gasteiger partial charge >= 0.3 is 0 Å². The van der Waals surface area contributed by atoms with Crippen LogP contribution in [0.1, 0.15) is 0 Å².